The fraction of sp³-hybridized carbons (Fsp3) is 0.333. The lowest BCUT2D eigenvalue weighted by Gasteiger charge is -2.34. The minimum atomic E-state index is 0.00731. The molecule has 2 heterocycles. The molecule has 0 spiro atoms. The smallest absolute Gasteiger partial charge is 0.318 e. The van der Waals surface area contributed by atoms with Crippen LogP contribution in [0.3, 0.4) is 0 Å². The third-order valence-corrected chi connectivity index (χ3v) is 6.84. The predicted octanol–water partition coefficient (Wildman–Crippen LogP) is 5.46. The monoisotopic (exact) mass is 397 g/mol. The van der Waals surface area contributed by atoms with Crippen LogP contribution < -0.4 is 5.32 Å². The van der Waals surface area contributed by atoms with E-state index < -0.39 is 0 Å². The molecule has 1 aromatic heterocycles. The van der Waals surface area contributed by atoms with Crippen LogP contribution in [0.5, 0.6) is 0 Å². The van der Waals surface area contributed by atoms with Gasteiger partial charge in [-0.3, -0.25) is 0 Å². The Hall–Kier alpha value is -2.05. The average Bonchev–Trinajstić information content (AvgIpc) is 3.16. The Morgan fingerprint density at radius 1 is 1.22 bits per heavy atom. The van der Waals surface area contributed by atoms with Crippen molar-refractivity contribution < 1.29 is 4.79 Å². The van der Waals surface area contributed by atoms with Gasteiger partial charge < -0.3 is 10.2 Å². The van der Waals surface area contributed by atoms with Crippen molar-refractivity contribution in [1.82, 2.24) is 15.2 Å². The number of thiazole rings is 1. The number of likely N-dealkylation sites (tertiary alicyclic amines) is 1. The number of aromatic nitrogens is 1. The molecule has 0 bridgehead atoms. The van der Waals surface area contributed by atoms with E-state index in [1.807, 2.05) is 23.1 Å². The van der Waals surface area contributed by atoms with Gasteiger partial charge in [0, 0.05) is 18.0 Å². The van der Waals surface area contributed by atoms with E-state index in [1.165, 1.54) is 9.60 Å². The third-order valence-electron chi connectivity index (χ3n) is 4.96. The minimum absolute atomic E-state index is 0.00731. The van der Waals surface area contributed by atoms with Gasteiger partial charge in [0.15, 0.2) is 0 Å². The second-order valence-electron chi connectivity index (χ2n) is 6.73. The molecule has 2 aromatic carbocycles. The molecule has 1 N–H and O–H groups in total. The second kappa shape index (κ2) is 8.31. The van der Waals surface area contributed by atoms with Gasteiger partial charge in [0.05, 0.1) is 16.3 Å². The van der Waals surface area contributed by atoms with Gasteiger partial charge in [-0.25, -0.2) is 9.78 Å². The summed E-state index contributed by atoms with van der Waals surface area (Å²) in [6, 6.07) is 16.6. The quantitative estimate of drug-likeness (QED) is 0.595. The summed E-state index contributed by atoms with van der Waals surface area (Å²) in [6.45, 7) is 1.34. The zero-order valence-corrected chi connectivity index (χ0v) is 17.0. The molecule has 4 nitrogen and oxygen atoms in total. The van der Waals surface area contributed by atoms with Gasteiger partial charge in [-0.05, 0) is 55.3 Å². The van der Waals surface area contributed by atoms with Crippen molar-refractivity contribution in [3.8, 4) is 0 Å². The molecule has 0 unspecified atom stereocenters. The normalized spacial score (nSPS) is 17.2. The number of rotatable bonds is 4. The maximum absolute atomic E-state index is 12.9. The Balaban J connectivity index is 1.46. The molecule has 2 amide bonds. The Morgan fingerprint density at radius 2 is 2.04 bits per heavy atom. The summed E-state index contributed by atoms with van der Waals surface area (Å²) in [7, 11) is 0. The fourth-order valence-electron chi connectivity index (χ4n) is 3.49. The van der Waals surface area contributed by atoms with Crippen LogP contribution in [0, 0.1) is 0 Å². The standard InChI is InChI=1S/C21H23N3OS2/c1-26-16-11-9-15(10-12-16)14-22-21(25)24-13-5-4-7-18(24)20-23-17-6-2-3-8-19(17)27-20/h2-3,6,8-12,18H,4-5,7,13-14H2,1H3,(H,22,25)/t18-/m0/s1. The van der Waals surface area contributed by atoms with Crippen molar-refractivity contribution in [1.29, 1.82) is 0 Å². The first-order valence-corrected chi connectivity index (χ1v) is 11.3. The molecule has 0 aliphatic carbocycles. The van der Waals surface area contributed by atoms with Crippen LogP contribution in [0.2, 0.25) is 0 Å². The van der Waals surface area contributed by atoms with Crippen molar-refractivity contribution in [2.24, 2.45) is 0 Å². The molecule has 3 aromatic rings. The molecule has 0 saturated carbocycles. The number of fused-ring (bicyclic) bond motifs is 1. The molecule has 1 fully saturated rings. The molecule has 1 aliphatic rings. The molecular weight excluding hydrogens is 374 g/mol. The van der Waals surface area contributed by atoms with Gasteiger partial charge >= 0.3 is 6.03 Å². The number of amides is 2. The van der Waals surface area contributed by atoms with Crippen LogP contribution in [0.25, 0.3) is 10.2 Å². The van der Waals surface area contributed by atoms with E-state index in [9.17, 15) is 4.79 Å². The highest BCUT2D eigenvalue weighted by Gasteiger charge is 2.30. The van der Waals surface area contributed by atoms with Crippen molar-refractivity contribution >= 4 is 39.3 Å². The number of piperidine rings is 1. The first kappa shape index (κ1) is 18.3. The van der Waals surface area contributed by atoms with Gasteiger partial charge in [0.2, 0.25) is 0 Å². The van der Waals surface area contributed by atoms with Crippen LogP contribution in [-0.4, -0.2) is 28.7 Å². The van der Waals surface area contributed by atoms with E-state index in [2.05, 4.69) is 41.9 Å². The number of nitrogens with zero attached hydrogens (tertiary/aromatic N) is 2. The molecule has 4 rings (SSSR count). The lowest BCUT2D eigenvalue weighted by molar-refractivity contribution is 0.151. The number of urea groups is 1. The largest absolute Gasteiger partial charge is 0.334 e. The summed E-state index contributed by atoms with van der Waals surface area (Å²) in [6.07, 6.45) is 5.24. The fourth-order valence-corrected chi connectivity index (χ4v) is 5.01. The molecule has 1 saturated heterocycles. The number of carbonyl (C=O) groups excluding carboxylic acids is 1. The lowest BCUT2D eigenvalue weighted by atomic mass is 10.0. The number of nitrogens with one attached hydrogen (secondary N) is 1. The Kier molecular flexibility index (Phi) is 5.64. The summed E-state index contributed by atoms with van der Waals surface area (Å²) in [5.41, 5.74) is 2.15. The van der Waals surface area contributed by atoms with Gasteiger partial charge in [0.25, 0.3) is 0 Å². The molecule has 6 heteroatoms. The van der Waals surface area contributed by atoms with E-state index in [0.29, 0.717) is 6.54 Å². The van der Waals surface area contributed by atoms with Crippen molar-refractivity contribution in [3.05, 3.63) is 59.1 Å². The molecule has 140 valence electrons. The summed E-state index contributed by atoms with van der Waals surface area (Å²) in [5.74, 6) is 0. The Labute approximate surface area is 168 Å². The van der Waals surface area contributed by atoms with Gasteiger partial charge in [-0.15, -0.1) is 23.1 Å². The summed E-state index contributed by atoms with van der Waals surface area (Å²) in [4.78, 5) is 20.9. The zero-order valence-electron chi connectivity index (χ0n) is 15.4. The Morgan fingerprint density at radius 3 is 2.81 bits per heavy atom. The van der Waals surface area contributed by atoms with Crippen molar-refractivity contribution in [2.75, 3.05) is 12.8 Å². The predicted molar refractivity (Wildman–Crippen MR) is 113 cm³/mol. The van der Waals surface area contributed by atoms with E-state index >= 15 is 0 Å². The molecule has 27 heavy (non-hydrogen) atoms. The van der Waals surface area contributed by atoms with Crippen LogP contribution in [0.15, 0.2) is 53.4 Å². The van der Waals surface area contributed by atoms with Crippen LogP contribution in [0.4, 0.5) is 4.79 Å². The van der Waals surface area contributed by atoms with Crippen LogP contribution in [-0.2, 0) is 6.54 Å². The SMILES string of the molecule is CSc1ccc(CNC(=O)N2CCCC[C@H]2c2nc3ccccc3s2)cc1. The number of hydrogen-bond acceptors (Lipinski definition) is 4. The van der Waals surface area contributed by atoms with Gasteiger partial charge in [-0.2, -0.15) is 0 Å². The molecule has 1 aliphatic heterocycles. The van der Waals surface area contributed by atoms with Crippen LogP contribution >= 0.6 is 23.1 Å². The zero-order chi connectivity index (χ0) is 18.6. The highest BCUT2D eigenvalue weighted by atomic mass is 32.2. The molecular formula is C21H23N3OS2. The van der Waals surface area contributed by atoms with E-state index in [-0.39, 0.29) is 12.1 Å². The Bertz CT molecular complexity index is 890. The first-order valence-electron chi connectivity index (χ1n) is 9.27. The highest BCUT2D eigenvalue weighted by Crippen LogP contribution is 2.35. The summed E-state index contributed by atoms with van der Waals surface area (Å²) in [5, 5.41) is 4.15. The molecule has 1 atom stereocenters. The van der Waals surface area contributed by atoms with Crippen LogP contribution in [0.1, 0.15) is 35.9 Å². The van der Waals surface area contributed by atoms with Gasteiger partial charge in [0.1, 0.15) is 5.01 Å². The van der Waals surface area contributed by atoms with Crippen molar-refractivity contribution in [2.45, 2.75) is 36.7 Å². The number of carbonyl (C=O) groups is 1. The lowest BCUT2D eigenvalue weighted by Crippen LogP contribution is -2.44. The minimum Gasteiger partial charge on any atom is -0.334 e. The number of benzene rings is 2. The van der Waals surface area contributed by atoms with Gasteiger partial charge in [-0.1, -0.05) is 24.3 Å². The first-order chi connectivity index (χ1) is 13.2. The number of thioether (sulfide) groups is 1. The van der Waals surface area contributed by atoms with E-state index in [4.69, 9.17) is 4.98 Å². The maximum Gasteiger partial charge on any atom is 0.318 e. The van der Waals surface area contributed by atoms with E-state index in [1.54, 1.807) is 23.1 Å². The van der Waals surface area contributed by atoms with Crippen molar-refractivity contribution in [3.63, 3.8) is 0 Å². The summed E-state index contributed by atoms with van der Waals surface area (Å²) >= 11 is 3.43. The van der Waals surface area contributed by atoms with E-state index in [0.717, 1.165) is 41.9 Å². The highest BCUT2D eigenvalue weighted by molar-refractivity contribution is 7.98. The maximum atomic E-state index is 12.9. The average molecular weight is 398 g/mol. The third kappa shape index (κ3) is 4.12. The molecule has 0 radical (unpaired) electrons. The topological polar surface area (TPSA) is 45.2 Å². The number of hydrogen-bond donors (Lipinski definition) is 1. The number of para-hydroxylation sites is 1. The second-order valence-corrected chi connectivity index (χ2v) is 8.67. The summed E-state index contributed by atoms with van der Waals surface area (Å²) < 4.78 is 1.19.